The molecule has 0 amide bonds. The number of carbonyl (C=O) groups is 1. The molecule has 0 bridgehead atoms. The lowest BCUT2D eigenvalue weighted by Gasteiger charge is -2.34. The number of nitrogens with zero attached hydrogens (tertiary/aromatic N) is 1. The molecule has 0 aromatic rings. The summed E-state index contributed by atoms with van der Waals surface area (Å²) in [6, 6.07) is 0. The maximum absolute atomic E-state index is 11.0. The number of hydrogen-bond donors (Lipinski definition) is 1. The van der Waals surface area contributed by atoms with Crippen LogP contribution in [0.1, 0.15) is 12.8 Å². The van der Waals surface area contributed by atoms with Crippen LogP contribution >= 0.6 is 22.6 Å². The molecule has 0 spiro atoms. The normalized spacial score (nSPS) is 32.8. The van der Waals surface area contributed by atoms with Crippen molar-refractivity contribution in [1.82, 2.24) is 4.90 Å². The van der Waals surface area contributed by atoms with Gasteiger partial charge >= 0.3 is 5.97 Å². The van der Waals surface area contributed by atoms with Crippen molar-refractivity contribution in [2.75, 3.05) is 19.7 Å². The van der Waals surface area contributed by atoms with Crippen molar-refractivity contribution >= 4 is 28.6 Å². The second kappa shape index (κ2) is 3.36. The van der Waals surface area contributed by atoms with E-state index in [4.69, 9.17) is 9.84 Å². The first-order valence-corrected chi connectivity index (χ1v) is 5.64. The first-order chi connectivity index (χ1) is 6.15. The van der Waals surface area contributed by atoms with Crippen LogP contribution in [-0.4, -0.2) is 45.3 Å². The highest BCUT2D eigenvalue weighted by molar-refractivity contribution is 14.1. The van der Waals surface area contributed by atoms with E-state index in [2.05, 4.69) is 27.5 Å². The molecule has 2 rings (SSSR count). The lowest BCUT2D eigenvalue weighted by molar-refractivity contribution is -0.147. The van der Waals surface area contributed by atoms with Gasteiger partial charge in [0, 0.05) is 13.1 Å². The Morgan fingerprint density at radius 2 is 2.31 bits per heavy atom. The second-order valence-electron chi connectivity index (χ2n) is 3.56. The van der Waals surface area contributed by atoms with Crippen molar-refractivity contribution in [3.8, 4) is 0 Å². The highest BCUT2D eigenvalue weighted by Crippen LogP contribution is 2.42. The fraction of sp³-hybridized carbons (Fsp3) is 0.875. The highest BCUT2D eigenvalue weighted by atomic mass is 127. The summed E-state index contributed by atoms with van der Waals surface area (Å²) < 4.78 is 5.50. The number of alkyl halides is 1. The first kappa shape index (κ1) is 9.67. The van der Waals surface area contributed by atoms with Crippen molar-refractivity contribution in [3.05, 3.63) is 0 Å². The monoisotopic (exact) mass is 297 g/mol. The van der Waals surface area contributed by atoms with Crippen LogP contribution in [0.5, 0.6) is 0 Å². The van der Waals surface area contributed by atoms with Crippen molar-refractivity contribution in [2.45, 2.75) is 22.5 Å². The van der Waals surface area contributed by atoms with Gasteiger partial charge in [0.1, 0.15) is 9.65 Å². The van der Waals surface area contributed by atoms with Crippen molar-refractivity contribution in [3.63, 3.8) is 0 Å². The molecule has 0 aromatic heterocycles. The Labute approximate surface area is 90.4 Å². The molecule has 2 aliphatic rings. The minimum absolute atomic E-state index is 0.142. The average molecular weight is 297 g/mol. The molecule has 1 saturated carbocycles. The highest BCUT2D eigenvalue weighted by Gasteiger charge is 2.55. The van der Waals surface area contributed by atoms with Crippen LogP contribution in [0, 0.1) is 0 Å². The smallest absolute Gasteiger partial charge is 0.324 e. The van der Waals surface area contributed by atoms with Crippen LogP contribution in [0.15, 0.2) is 0 Å². The summed E-state index contributed by atoms with van der Waals surface area (Å²) in [5.74, 6) is -0.669. The van der Waals surface area contributed by atoms with Crippen LogP contribution in [0.3, 0.4) is 0 Å². The third-order valence-corrected chi connectivity index (χ3v) is 3.50. The minimum Gasteiger partial charge on any atom is -0.480 e. The van der Waals surface area contributed by atoms with E-state index in [1.54, 1.807) is 0 Å². The maximum Gasteiger partial charge on any atom is 0.324 e. The summed E-state index contributed by atoms with van der Waals surface area (Å²) in [6.45, 7) is 2.15. The zero-order valence-corrected chi connectivity index (χ0v) is 9.36. The zero-order valence-electron chi connectivity index (χ0n) is 7.20. The summed E-state index contributed by atoms with van der Waals surface area (Å²) in [6.07, 6.45) is 1.59. The molecule has 74 valence electrons. The molecule has 1 unspecified atom stereocenters. The Bertz CT molecular complexity index is 229. The predicted octanol–water partition coefficient (Wildman–Crippen LogP) is 0.697. The van der Waals surface area contributed by atoms with E-state index < -0.39 is 11.5 Å². The number of carboxylic acid groups (broad SMARTS) is 1. The first-order valence-electron chi connectivity index (χ1n) is 4.39. The average Bonchev–Trinajstić information content (AvgIpc) is 2.83. The Hall–Kier alpha value is 0.120. The van der Waals surface area contributed by atoms with E-state index >= 15 is 0 Å². The van der Waals surface area contributed by atoms with Gasteiger partial charge in [0.25, 0.3) is 0 Å². The van der Waals surface area contributed by atoms with Gasteiger partial charge in [0.05, 0.1) is 6.61 Å². The van der Waals surface area contributed by atoms with Gasteiger partial charge in [-0.15, -0.1) is 0 Å². The van der Waals surface area contributed by atoms with E-state index in [1.165, 1.54) is 0 Å². The maximum atomic E-state index is 11.0. The third-order valence-electron chi connectivity index (χ3n) is 2.75. The SMILES string of the molecule is O=C(O)C1(N2CCOC(I)C2)CC1. The van der Waals surface area contributed by atoms with Gasteiger partial charge in [0.15, 0.2) is 0 Å². The molecule has 5 heteroatoms. The number of rotatable bonds is 2. The number of carboxylic acids is 1. The number of ether oxygens (including phenoxy) is 1. The van der Waals surface area contributed by atoms with Gasteiger partial charge in [0.2, 0.25) is 0 Å². The lowest BCUT2D eigenvalue weighted by Crippen LogP contribution is -2.51. The van der Waals surface area contributed by atoms with Crippen LogP contribution in [0.4, 0.5) is 0 Å². The number of aliphatic carboxylic acids is 1. The van der Waals surface area contributed by atoms with E-state index in [9.17, 15) is 4.79 Å². The van der Waals surface area contributed by atoms with Crippen molar-refractivity contribution < 1.29 is 14.6 Å². The largest absolute Gasteiger partial charge is 0.480 e. The molecule has 1 atom stereocenters. The summed E-state index contributed by atoms with van der Waals surface area (Å²) >= 11 is 2.21. The third kappa shape index (κ3) is 1.69. The summed E-state index contributed by atoms with van der Waals surface area (Å²) in [5, 5.41) is 9.06. The molecule has 1 aliphatic heterocycles. The molecular weight excluding hydrogens is 285 g/mol. The Morgan fingerprint density at radius 1 is 1.62 bits per heavy atom. The van der Waals surface area contributed by atoms with Crippen molar-refractivity contribution in [2.24, 2.45) is 0 Å². The van der Waals surface area contributed by atoms with Gasteiger partial charge in [-0.3, -0.25) is 9.69 Å². The zero-order chi connectivity index (χ0) is 9.47. The summed E-state index contributed by atoms with van der Waals surface area (Å²) in [7, 11) is 0. The van der Waals surface area contributed by atoms with Crippen LogP contribution < -0.4 is 0 Å². The van der Waals surface area contributed by atoms with E-state index in [0.29, 0.717) is 6.61 Å². The number of morpholine rings is 1. The fourth-order valence-electron chi connectivity index (χ4n) is 1.78. The fourth-order valence-corrected chi connectivity index (χ4v) is 2.51. The van der Waals surface area contributed by atoms with Gasteiger partial charge in [-0.25, -0.2) is 0 Å². The number of halogens is 1. The molecule has 0 radical (unpaired) electrons. The quantitative estimate of drug-likeness (QED) is 0.602. The topological polar surface area (TPSA) is 49.8 Å². The Morgan fingerprint density at radius 3 is 2.77 bits per heavy atom. The molecule has 1 heterocycles. The molecule has 4 nitrogen and oxygen atoms in total. The van der Waals surface area contributed by atoms with Crippen LogP contribution in [0.2, 0.25) is 0 Å². The molecule has 1 saturated heterocycles. The predicted molar refractivity (Wildman–Crippen MR) is 54.9 cm³/mol. The number of hydrogen-bond acceptors (Lipinski definition) is 3. The molecule has 2 fully saturated rings. The van der Waals surface area contributed by atoms with Gasteiger partial charge < -0.3 is 9.84 Å². The Balaban J connectivity index is 2.03. The van der Waals surface area contributed by atoms with Gasteiger partial charge in [-0.2, -0.15) is 0 Å². The molecule has 0 aromatic carbocycles. The van der Waals surface area contributed by atoms with Gasteiger partial charge in [-0.05, 0) is 35.4 Å². The molecular formula is C8H12INO3. The van der Waals surface area contributed by atoms with Crippen molar-refractivity contribution in [1.29, 1.82) is 0 Å². The Kier molecular flexibility index (Phi) is 2.50. The van der Waals surface area contributed by atoms with Gasteiger partial charge in [-0.1, -0.05) is 0 Å². The molecule has 1 aliphatic carbocycles. The second-order valence-corrected chi connectivity index (χ2v) is 4.95. The summed E-state index contributed by atoms with van der Waals surface area (Å²) in [5.41, 5.74) is -0.535. The minimum atomic E-state index is -0.669. The van der Waals surface area contributed by atoms with E-state index in [0.717, 1.165) is 25.9 Å². The summed E-state index contributed by atoms with van der Waals surface area (Å²) in [4.78, 5) is 13.1. The lowest BCUT2D eigenvalue weighted by atomic mass is 10.2. The molecule has 1 N–H and O–H groups in total. The van der Waals surface area contributed by atoms with Crippen LogP contribution in [-0.2, 0) is 9.53 Å². The standard InChI is InChI=1S/C8H12INO3/c9-6-5-10(3-4-13-6)8(1-2-8)7(11)12/h6H,1-5H2,(H,11,12). The molecule has 13 heavy (non-hydrogen) atoms. The van der Waals surface area contributed by atoms with Crippen LogP contribution in [0.25, 0.3) is 0 Å². The van der Waals surface area contributed by atoms with E-state index in [1.807, 2.05) is 0 Å². The van der Waals surface area contributed by atoms with E-state index in [-0.39, 0.29) is 4.11 Å².